The van der Waals surface area contributed by atoms with Crippen LogP contribution in [0.2, 0.25) is 0 Å². The Labute approximate surface area is 177 Å². The summed E-state index contributed by atoms with van der Waals surface area (Å²) in [6, 6.07) is 11.4. The highest BCUT2D eigenvalue weighted by Crippen LogP contribution is 2.63. The molecule has 1 aromatic carbocycles. The van der Waals surface area contributed by atoms with Gasteiger partial charge < -0.3 is 0 Å². The summed E-state index contributed by atoms with van der Waals surface area (Å²) in [4.78, 5) is 0. The molecule has 0 aliphatic heterocycles. The van der Waals surface area contributed by atoms with Gasteiger partial charge in [0.2, 0.25) is 0 Å². The van der Waals surface area contributed by atoms with Crippen molar-refractivity contribution < 1.29 is 0 Å². The van der Waals surface area contributed by atoms with Crippen LogP contribution in [-0.4, -0.2) is 18.5 Å². The lowest BCUT2D eigenvalue weighted by Gasteiger charge is -2.28. The van der Waals surface area contributed by atoms with Gasteiger partial charge in [0.15, 0.2) is 0 Å². The first-order valence-corrected chi connectivity index (χ1v) is 14.8. The van der Waals surface area contributed by atoms with E-state index in [1.807, 2.05) is 0 Å². The number of hydrogen-bond acceptors (Lipinski definition) is 0. The van der Waals surface area contributed by atoms with Gasteiger partial charge in [-0.15, -0.1) is 6.58 Å². The molecule has 0 nitrogen and oxygen atoms in total. The van der Waals surface area contributed by atoms with E-state index >= 15 is 0 Å². The maximum absolute atomic E-state index is 3.87. The second-order valence-electron chi connectivity index (χ2n) is 8.77. The molecule has 160 valence electrons. The van der Waals surface area contributed by atoms with E-state index in [2.05, 4.69) is 56.8 Å². The van der Waals surface area contributed by atoms with Crippen molar-refractivity contribution in [2.75, 3.05) is 18.5 Å². The van der Waals surface area contributed by atoms with Crippen molar-refractivity contribution in [3.63, 3.8) is 0 Å². The fourth-order valence-electron chi connectivity index (χ4n) is 4.38. The van der Waals surface area contributed by atoms with Crippen molar-refractivity contribution in [2.45, 2.75) is 103 Å². The van der Waals surface area contributed by atoms with Crippen LogP contribution in [0.15, 0.2) is 43.0 Å². The zero-order chi connectivity index (χ0) is 20.3. The van der Waals surface area contributed by atoms with Gasteiger partial charge in [0, 0.05) is 7.26 Å². The number of unbranched alkanes of at least 4 members (excludes halogenated alkanes) is 10. The fourth-order valence-corrected chi connectivity index (χ4v) is 9.19. The standard InChI is InChI=1S/C27H48P/c1-4-7-10-13-14-20-25-28(23-18-11-8-5-2,24-19-12-9-6-3)26-27-21-16-15-17-22-27/h4,15-17,21-22H,1,5-14,18-20,23-26H2,2-3H3/q+1. The molecular formula is C27H48P+. The topological polar surface area (TPSA) is 0 Å². The normalized spacial score (nSPS) is 11.6. The lowest BCUT2D eigenvalue weighted by atomic mass is 10.1. The van der Waals surface area contributed by atoms with Crippen LogP contribution < -0.4 is 0 Å². The van der Waals surface area contributed by atoms with Crippen LogP contribution in [0.3, 0.4) is 0 Å². The minimum atomic E-state index is -0.874. The zero-order valence-corrected chi connectivity index (χ0v) is 20.0. The van der Waals surface area contributed by atoms with E-state index in [4.69, 9.17) is 0 Å². The molecule has 1 rings (SSSR count). The first kappa shape index (κ1) is 25.4. The predicted octanol–water partition coefficient (Wildman–Crippen LogP) is 9.50. The molecule has 28 heavy (non-hydrogen) atoms. The van der Waals surface area contributed by atoms with Gasteiger partial charge in [-0.25, -0.2) is 0 Å². The quantitative estimate of drug-likeness (QED) is 0.122. The van der Waals surface area contributed by atoms with E-state index in [1.165, 1.54) is 95.8 Å². The monoisotopic (exact) mass is 403 g/mol. The average Bonchev–Trinajstić information content (AvgIpc) is 2.72. The molecule has 1 heteroatoms. The summed E-state index contributed by atoms with van der Waals surface area (Å²) in [6.07, 6.45) is 26.3. The fraction of sp³-hybridized carbons (Fsp3) is 0.704. The minimum Gasteiger partial charge on any atom is -0.103 e. The summed E-state index contributed by atoms with van der Waals surface area (Å²) in [5.41, 5.74) is 1.61. The van der Waals surface area contributed by atoms with Crippen LogP contribution in [0.5, 0.6) is 0 Å². The maximum Gasteiger partial charge on any atom is 0.0842 e. The summed E-state index contributed by atoms with van der Waals surface area (Å²) in [5.74, 6) is 0. The van der Waals surface area contributed by atoms with Gasteiger partial charge in [0.25, 0.3) is 0 Å². The van der Waals surface area contributed by atoms with E-state index in [-0.39, 0.29) is 0 Å². The zero-order valence-electron chi connectivity index (χ0n) is 19.1. The Morgan fingerprint density at radius 2 is 1.18 bits per heavy atom. The van der Waals surface area contributed by atoms with E-state index in [0.29, 0.717) is 0 Å². The Hall–Kier alpha value is -0.610. The van der Waals surface area contributed by atoms with Crippen LogP contribution in [0.25, 0.3) is 0 Å². The van der Waals surface area contributed by atoms with Crippen LogP contribution in [0, 0.1) is 0 Å². The Morgan fingerprint density at radius 3 is 1.68 bits per heavy atom. The second-order valence-corrected chi connectivity index (χ2v) is 13.1. The Balaban J connectivity index is 2.73. The molecule has 0 N–H and O–H groups in total. The van der Waals surface area contributed by atoms with E-state index < -0.39 is 7.26 Å². The van der Waals surface area contributed by atoms with Crippen molar-refractivity contribution in [3.05, 3.63) is 48.6 Å². The molecule has 0 spiro atoms. The predicted molar refractivity (Wildman–Crippen MR) is 133 cm³/mol. The molecule has 0 bridgehead atoms. The van der Waals surface area contributed by atoms with Crippen LogP contribution in [0.4, 0.5) is 0 Å². The number of allylic oxidation sites excluding steroid dienone is 1. The van der Waals surface area contributed by atoms with Crippen molar-refractivity contribution in [3.8, 4) is 0 Å². The smallest absolute Gasteiger partial charge is 0.0842 e. The van der Waals surface area contributed by atoms with E-state index in [1.54, 1.807) is 17.9 Å². The molecule has 0 fully saturated rings. The van der Waals surface area contributed by atoms with Gasteiger partial charge in [-0.3, -0.25) is 0 Å². The molecule has 0 saturated carbocycles. The van der Waals surface area contributed by atoms with E-state index in [0.717, 1.165) is 0 Å². The first-order chi connectivity index (χ1) is 13.8. The number of hydrogen-bond donors (Lipinski definition) is 0. The lowest BCUT2D eigenvalue weighted by molar-refractivity contribution is 0.668. The maximum atomic E-state index is 3.87. The third kappa shape index (κ3) is 12.1. The van der Waals surface area contributed by atoms with Gasteiger partial charge in [-0.05, 0) is 56.9 Å². The molecule has 0 amide bonds. The highest BCUT2D eigenvalue weighted by molar-refractivity contribution is 7.75. The second kappa shape index (κ2) is 17.3. The van der Waals surface area contributed by atoms with Gasteiger partial charge in [0.05, 0.1) is 24.6 Å². The molecule has 0 radical (unpaired) electrons. The van der Waals surface area contributed by atoms with Crippen molar-refractivity contribution in [2.24, 2.45) is 0 Å². The third-order valence-electron chi connectivity index (χ3n) is 6.12. The van der Waals surface area contributed by atoms with Crippen molar-refractivity contribution in [1.82, 2.24) is 0 Å². The molecule has 0 aromatic heterocycles. The Morgan fingerprint density at radius 1 is 0.679 bits per heavy atom. The largest absolute Gasteiger partial charge is 0.103 e. The Kier molecular flexibility index (Phi) is 15.7. The lowest BCUT2D eigenvalue weighted by Crippen LogP contribution is -2.12. The minimum absolute atomic E-state index is 0.874. The summed E-state index contributed by atoms with van der Waals surface area (Å²) < 4.78 is 0. The third-order valence-corrected chi connectivity index (χ3v) is 11.0. The highest BCUT2D eigenvalue weighted by atomic mass is 31.2. The van der Waals surface area contributed by atoms with Crippen LogP contribution in [-0.2, 0) is 6.16 Å². The first-order valence-electron chi connectivity index (χ1n) is 12.3. The molecule has 0 heterocycles. The van der Waals surface area contributed by atoms with Crippen molar-refractivity contribution in [1.29, 1.82) is 0 Å². The van der Waals surface area contributed by atoms with E-state index in [9.17, 15) is 0 Å². The molecular weight excluding hydrogens is 355 g/mol. The molecule has 1 aromatic rings. The number of rotatable bonds is 19. The summed E-state index contributed by atoms with van der Waals surface area (Å²) in [7, 11) is -0.874. The van der Waals surface area contributed by atoms with Gasteiger partial charge in [-0.2, -0.15) is 0 Å². The van der Waals surface area contributed by atoms with Crippen LogP contribution in [0.1, 0.15) is 103 Å². The van der Waals surface area contributed by atoms with Gasteiger partial charge in [0.1, 0.15) is 0 Å². The SMILES string of the molecule is C=CCCCCCC[P+](CCCCCC)(CCCCCC)Cc1ccccc1. The number of benzene rings is 1. The average molecular weight is 404 g/mol. The Bertz CT molecular complexity index is 452. The molecule has 0 aliphatic rings. The van der Waals surface area contributed by atoms with Crippen molar-refractivity contribution >= 4 is 7.26 Å². The summed E-state index contributed by atoms with van der Waals surface area (Å²) >= 11 is 0. The molecule has 0 aliphatic carbocycles. The van der Waals surface area contributed by atoms with Gasteiger partial charge >= 0.3 is 0 Å². The van der Waals surface area contributed by atoms with Crippen LogP contribution >= 0.6 is 7.26 Å². The van der Waals surface area contributed by atoms with Gasteiger partial charge in [-0.1, -0.05) is 82.4 Å². The molecule has 0 unspecified atom stereocenters. The summed E-state index contributed by atoms with van der Waals surface area (Å²) in [6.45, 7) is 8.54. The molecule has 0 atom stereocenters. The molecule has 0 saturated heterocycles. The summed E-state index contributed by atoms with van der Waals surface area (Å²) in [5, 5.41) is 0. The highest BCUT2D eigenvalue weighted by Gasteiger charge is 2.35.